The van der Waals surface area contributed by atoms with E-state index in [4.69, 9.17) is 19.2 Å². The third-order valence-electron chi connectivity index (χ3n) is 16.0. The molecule has 0 spiro atoms. The van der Waals surface area contributed by atoms with Crippen LogP contribution >= 0.6 is 0 Å². The Labute approximate surface area is 461 Å². The van der Waals surface area contributed by atoms with Crippen LogP contribution in [0.1, 0.15) is 132 Å². The second-order valence-electron chi connectivity index (χ2n) is 26.9. The first-order chi connectivity index (χ1) is 36.7. The Bertz CT molecular complexity index is 3960. The molecule has 0 N–H and O–H groups in total. The quantitative estimate of drug-likeness (QED) is 0.0946. The van der Waals surface area contributed by atoms with Crippen LogP contribution in [-0.2, 0) is 27.1 Å². The normalized spacial score (nSPS) is 13.5. The van der Waals surface area contributed by atoms with Gasteiger partial charge in [-0.2, -0.15) is 0 Å². The number of imidazole rings is 1. The van der Waals surface area contributed by atoms with Crippen LogP contribution in [0.25, 0.3) is 50.1 Å². The number of rotatable bonds is 6. The molecule has 2 aliphatic rings. The number of benzene rings is 7. The van der Waals surface area contributed by atoms with Crippen LogP contribution in [0.2, 0.25) is 0 Å². The largest absolute Gasteiger partial charge is 0.458 e. The number of pyridine rings is 1. The Morgan fingerprint density at radius 1 is 0.487 bits per heavy atom. The van der Waals surface area contributed by atoms with Crippen LogP contribution in [0, 0.1) is 6.33 Å². The third kappa shape index (κ3) is 9.17. The van der Waals surface area contributed by atoms with Crippen LogP contribution in [-0.4, -0.2) is 20.8 Å². The Morgan fingerprint density at radius 3 is 1.73 bits per heavy atom. The molecule has 78 heavy (non-hydrogen) atoms. The van der Waals surface area contributed by atoms with Gasteiger partial charge in [-0.1, -0.05) is 146 Å². The van der Waals surface area contributed by atoms with Crippen molar-refractivity contribution in [3.63, 3.8) is 0 Å². The lowest BCUT2D eigenvalue weighted by atomic mass is 9.34. The van der Waals surface area contributed by atoms with Crippen molar-refractivity contribution < 1.29 is 18.8 Å². The molecule has 8 heteroatoms. The summed E-state index contributed by atoms with van der Waals surface area (Å²) >= 11 is 0. The Balaban J connectivity index is 0.970. The van der Waals surface area contributed by atoms with Crippen molar-refractivity contribution in [2.75, 3.05) is 0 Å². The van der Waals surface area contributed by atoms with Crippen LogP contribution < -0.4 is 35.2 Å². The molecule has 392 valence electrons. The Kier molecular flexibility index (Phi) is 11.7. The van der Waals surface area contributed by atoms with Gasteiger partial charge in [0.15, 0.2) is 0 Å². The molecular formula is C70H71BN4O3. The fraction of sp³-hybridized carbons (Fsp3) is 0.286. The maximum Gasteiger partial charge on any atom is 0.268 e. The predicted molar refractivity (Wildman–Crippen MR) is 321 cm³/mol. The van der Waals surface area contributed by atoms with E-state index in [1.54, 1.807) is 0 Å². The highest BCUT2D eigenvalue weighted by Gasteiger charge is 2.42. The molecule has 7 aromatic carbocycles. The lowest BCUT2D eigenvalue weighted by molar-refractivity contribution is -0.599. The third-order valence-corrected chi connectivity index (χ3v) is 16.0. The summed E-state index contributed by atoms with van der Waals surface area (Å²) in [7, 11) is 0. The number of fused-ring (bicyclic) bond motifs is 7. The molecule has 0 saturated heterocycles. The number of aromatic nitrogens is 4. The summed E-state index contributed by atoms with van der Waals surface area (Å²) in [5.74, 6) is 5.73. The maximum atomic E-state index is 6.98. The second kappa shape index (κ2) is 17.9. The van der Waals surface area contributed by atoms with Gasteiger partial charge in [0.05, 0.1) is 22.4 Å². The van der Waals surface area contributed by atoms with E-state index in [1.807, 2.05) is 6.20 Å². The van der Waals surface area contributed by atoms with E-state index in [2.05, 4.69) is 276 Å². The van der Waals surface area contributed by atoms with E-state index >= 15 is 0 Å². The topological polar surface area (TPSA) is 54.3 Å². The molecule has 0 saturated carbocycles. The molecule has 2 aliphatic heterocycles. The zero-order valence-electron chi connectivity index (χ0n) is 48.1. The van der Waals surface area contributed by atoms with Crippen molar-refractivity contribution in [1.82, 2.24) is 14.1 Å². The summed E-state index contributed by atoms with van der Waals surface area (Å²) in [6.45, 7) is 33.8. The lowest BCUT2D eigenvalue weighted by Gasteiger charge is -2.35. The summed E-state index contributed by atoms with van der Waals surface area (Å²) in [6.07, 6.45) is 9.65. The van der Waals surface area contributed by atoms with E-state index in [-0.39, 0.29) is 33.8 Å². The zero-order valence-corrected chi connectivity index (χ0v) is 48.1. The van der Waals surface area contributed by atoms with Crippen LogP contribution in [0.3, 0.4) is 0 Å². The molecule has 0 bridgehead atoms. The van der Waals surface area contributed by atoms with Crippen molar-refractivity contribution in [2.24, 2.45) is 0 Å². The molecule has 0 atom stereocenters. The standard InChI is InChI=1S/C70H71BN4O3/c1-66(2,3)45-17-16-18-50(34-45)73-29-30-74(42-73)51-35-49(70(13,14)15)36-53(40-51)76-52-22-23-54-55-31-43(19-24-58(55)75(59(54)41-52)64-39-48(27-28-72-64)69(10,11)12)44-32-62-65-63(33-44)78-61-26-21-47(68(7,8)9)38-57(61)71(65)56-37-46(67(4,5)6)20-25-60(56)77-62/h16-41H,1-15H3. The van der Waals surface area contributed by atoms with E-state index < -0.39 is 0 Å². The van der Waals surface area contributed by atoms with E-state index in [0.717, 1.165) is 95.6 Å². The SMILES string of the molecule is CC(C)(C)c1cc(Oc2ccc3c4cc(-c5cc6c7c(c5)Oc5ccc(C(C)(C)C)cc5B7c5cc(C(C)(C)C)ccc5O6)ccc4n(-c4cc(C(C)(C)C)ccn4)c3c2)cc(-n2[c-][n+](-c3cccc(C(C)(C)C)c3)cc2)c1. The van der Waals surface area contributed by atoms with Crippen LogP contribution in [0.4, 0.5) is 0 Å². The fourth-order valence-electron chi connectivity index (χ4n) is 11.2. The minimum atomic E-state index is -0.146. The molecule has 0 radical (unpaired) electrons. The summed E-state index contributed by atoms with van der Waals surface area (Å²) in [6, 6.07) is 50.7. The summed E-state index contributed by atoms with van der Waals surface area (Å²) < 4.78 is 27.3. The molecule has 0 aliphatic carbocycles. The van der Waals surface area contributed by atoms with Crippen molar-refractivity contribution in [1.29, 1.82) is 0 Å². The summed E-state index contributed by atoms with van der Waals surface area (Å²) in [5, 5.41) is 2.19. The zero-order chi connectivity index (χ0) is 55.0. The minimum absolute atomic E-state index is 0.0274. The maximum absolute atomic E-state index is 6.98. The van der Waals surface area contributed by atoms with Gasteiger partial charge in [0.2, 0.25) is 0 Å². The molecule has 7 nitrogen and oxygen atoms in total. The van der Waals surface area contributed by atoms with Crippen molar-refractivity contribution in [3.05, 3.63) is 192 Å². The van der Waals surface area contributed by atoms with E-state index in [9.17, 15) is 0 Å². The van der Waals surface area contributed by atoms with Crippen molar-refractivity contribution >= 4 is 44.9 Å². The first kappa shape index (κ1) is 51.0. The van der Waals surface area contributed by atoms with Gasteiger partial charge in [-0.15, -0.1) is 0 Å². The number of hydrogen-bond acceptors (Lipinski definition) is 4. The first-order valence-corrected chi connectivity index (χ1v) is 27.6. The molecule has 0 amide bonds. The Hall–Kier alpha value is -7.84. The lowest BCUT2D eigenvalue weighted by Crippen LogP contribution is -2.57. The van der Waals surface area contributed by atoms with Gasteiger partial charge in [-0.3, -0.25) is 13.7 Å². The molecule has 3 aromatic heterocycles. The second-order valence-corrected chi connectivity index (χ2v) is 26.9. The van der Waals surface area contributed by atoms with Gasteiger partial charge in [-0.05, 0) is 168 Å². The van der Waals surface area contributed by atoms with Gasteiger partial charge in [0.1, 0.15) is 40.3 Å². The van der Waals surface area contributed by atoms with E-state index in [1.165, 1.54) is 33.2 Å². The molecule has 0 fully saturated rings. The molecule has 5 heterocycles. The van der Waals surface area contributed by atoms with Gasteiger partial charge < -0.3 is 14.2 Å². The summed E-state index contributed by atoms with van der Waals surface area (Å²) in [4.78, 5) is 5.05. The number of nitrogens with zero attached hydrogens (tertiary/aromatic N) is 4. The predicted octanol–water partition coefficient (Wildman–Crippen LogP) is 15.7. The average Bonchev–Trinajstić information content (AvgIpc) is 4.06. The van der Waals surface area contributed by atoms with E-state index in [0.29, 0.717) is 0 Å². The van der Waals surface area contributed by atoms with Gasteiger partial charge in [0.25, 0.3) is 13.0 Å². The smallest absolute Gasteiger partial charge is 0.268 e. The highest BCUT2D eigenvalue weighted by atomic mass is 16.5. The first-order valence-electron chi connectivity index (χ1n) is 27.6. The molecule has 10 aromatic rings. The highest BCUT2D eigenvalue weighted by molar-refractivity contribution is 6.98. The molecule has 12 rings (SSSR count). The number of hydrogen-bond donors (Lipinski definition) is 0. The van der Waals surface area contributed by atoms with Crippen molar-refractivity contribution in [3.8, 4) is 62.8 Å². The Morgan fingerprint density at radius 2 is 1.10 bits per heavy atom. The van der Waals surface area contributed by atoms with Crippen LogP contribution in [0.5, 0.6) is 34.5 Å². The van der Waals surface area contributed by atoms with Gasteiger partial charge >= 0.3 is 0 Å². The molecule has 0 unspecified atom stereocenters. The highest BCUT2D eigenvalue weighted by Crippen LogP contribution is 2.43. The summed E-state index contributed by atoms with van der Waals surface area (Å²) in [5.41, 5.74) is 15.5. The monoisotopic (exact) mass is 1030 g/mol. The van der Waals surface area contributed by atoms with Gasteiger partial charge in [-0.25, -0.2) is 4.98 Å². The number of ether oxygens (including phenoxy) is 3. The van der Waals surface area contributed by atoms with Crippen LogP contribution in [0.15, 0.2) is 158 Å². The van der Waals surface area contributed by atoms with Gasteiger partial charge in [0, 0.05) is 40.9 Å². The average molecular weight is 1030 g/mol. The van der Waals surface area contributed by atoms with Crippen molar-refractivity contribution in [2.45, 2.75) is 131 Å². The minimum Gasteiger partial charge on any atom is -0.458 e. The molecular weight excluding hydrogens is 956 g/mol. The fourth-order valence-corrected chi connectivity index (χ4v) is 11.2.